The van der Waals surface area contributed by atoms with Crippen LogP contribution in [0.1, 0.15) is 6.92 Å². The van der Waals surface area contributed by atoms with E-state index in [0.29, 0.717) is 0 Å². The molecule has 0 atom stereocenters. The average Bonchev–Trinajstić information content (AvgIpc) is 2.71. The molecule has 0 radical (unpaired) electrons. The second-order valence-electron chi connectivity index (χ2n) is 0.962. The Hall–Kier alpha value is -0.622. The van der Waals surface area contributed by atoms with E-state index in [1.54, 1.807) is 6.92 Å². The number of carbonyl (C=O) groups excluding carboxylic acids is 2. The van der Waals surface area contributed by atoms with Crippen molar-refractivity contribution in [3.63, 3.8) is 0 Å². The van der Waals surface area contributed by atoms with Gasteiger partial charge in [0.25, 0.3) is 0 Å². The zero-order valence-corrected chi connectivity index (χ0v) is 9.91. The van der Waals surface area contributed by atoms with E-state index in [4.69, 9.17) is 9.59 Å². The van der Waals surface area contributed by atoms with E-state index in [0.717, 1.165) is 0 Å². The van der Waals surface area contributed by atoms with Gasteiger partial charge in [-0.2, -0.15) is 25.1 Å². The summed E-state index contributed by atoms with van der Waals surface area (Å²) in [7, 11) is 0. The van der Waals surface area contributed by atoms with Crippen molar-refractivity contribution >= 4 is 13.6 Å². The van der Waals surface area contributed by atoms with Crippen LogP contribution in [0.2, 0.25) is 0 Å². The second-order valence-corrected chi connectivity index (χ2v) is 0.962. The zero-order valence-electron chi connectivity index (χ0n) is 6.97. The van der Waals surface area contributed by atoms with Crippen molar-refractivity contribution in [2.45, 2.75) is 6.92 Å². The minimum Gasteiger partial charge on any atom is -0.545 e. The Labute approximate surface area is 88.6 Å². The van der Waals surface area contributed by atoms with Crippen molar-refractivity contribution in [1.29, 1.82) is 0 Å². The molecule has 70 valence electrons. The first-order valence-corrected chi connectivity index (χ1v) is 2.85. The molecule has 0 amide bonds. The van der Waals surface area contributed by atoms with Gasteiger partial charge in [-0.25, -0.2) is 12.1 Å². The average molecular weight is 336 g/mol. The van der Waals surface area contributed by atoms with Gasteiger partial charge >= 0.3 is 0 Å². The molecule has 0 bridgehead atoms. The van der Waals surface area contributed by atoms with Gasteiger partial charge in [-0.1, -0.05) is 0 Å². The number of hydrogen-bond acceptors (Lipinski definition) is 2. The summed E-state index contributed by atoms with van der Waals surface area (Å²) in [4.78, 5) is 15.5. The summed E-state index contributed by atoms with van der Waals surface area (Å²) in [5.74, 6) is 0. The van der Waals surface area contributed by atoms with Gasteiger partial charge < -0.3 is 16.5 Å². The zero-order chi connectivity index (χ0) is 9.54. The molecule has 0 N–H and O–H groups in total. The molecule has 0 aliphatic rings. The van der Waals surface area contributed by atoms with Crippen LogP contribution in [0.25, 0.3) is 0 Å². The predicted molar refractivity (Wildman–Crippen MR) is 46.6 cm³/mol. The van der Waals surface area contributed by atoms with Crippen molar-refractivity contribution in [3.05, 3.63) is 37.3 Å². The summed E-state index contributed by atoms with van der Waals surface area (Å²) in [5.41, 5.74) is 0. The second kappa shape index (κ2) is 47.6. The van der Waals surface area contributed by atoms with E-state index in [2.05, 4.69) is 20.5 Å². The van der Waals surface area contributed by atoms with E-state index in [1.807, 2.05) is 30.3 Å². The van der Waals surface area contributed by atoms with Crippen molar-refractivity contribution < 1.29 is 30.7 Å². The molecule has 1 aromatic rings. The molecule has 0 spiro atoms. The van der Waals surface area contributed by atoms with E-state index >= 15 is 0 Å². The van der Waals surface area contributed by atoms with Gasteiger partial charge in [-0.05, 0) is 0 Å². The van der Waals surface area contributed by atoms with Crippen LogP contribution in [0.4, 0.5) is 0 Å². The fourth-order valence-corrected chi connectivity index (χ4v) is 0.321. The third-order valence-corrected chi connectivity index (χ3v) is 0.556. The maximum absolute atomic E-state index is 7.75. The molecule has 0 saturated carbocycles. The Morgan fingerprint density at radius 1 is 1.00 bits per heavy atom. The van der Waals surface area contributed by atoms with Crippen molar-refractivity contribution in [2.24, 2.45) is 0 Å². The molecule has 0 fully saturated rings. The first-order valence-electron chi connectivity index (χ1n) is 2.85. The Kier molecular flexibility index (Phi) is 89.3. The summed E-state index contributed by atoms with van der Waals surface area (Å²) in [6.07, 6.45) is 0. The molecule has 3 heteroatoms. The van der Waals surface area contributed by atoms with Gasteiger partial charge in [0.2, 0.25) is 0 Å². The minimum absolute atomic E-state index is 0. The van der Waals surface area contributed by atoms with Gasteiger partial charge in [0.1, 0.15) is 0 Å². The molecular weight excluding hydrogens is 324 g/mol. The molecule has 0 saturated heterocycles. The van der Waals surface area contributed by atoms with Gasteiger partial charge in [-0.3, -0.25) is 13.6 Å². The van der Waals surface area contributed by atoms with E-state index < -0.39 is 0 Å². The standard InChI is InChI=1S/C5H5.C2H5.2CHO.W/c1-2-4-5-3-1;3*1-2;/h1-5H;1H2,2H3;2*1H;/q4*-1;. The molecule has 2 nitrogen and oxygen atoms in total. The van der Waals surface area contributed by atoms with Gasteiger partial charge in [0, 0.05) is 21.1 Å². The first kappa shape index (κ1) is 22.5. The third-order valence-electron chi connectivity index (χ3n) is 0.556. The monoisotopic (exact) mass is 336 g/mol. The quantitative estimate of drug-likeness (QED) is 0.534. The Balaban J connectivity index is -0.0000000406. The smallest absolute Gasteiger partial charge is 0 e. The Bertz CT molecular complexity index is 88.1. The predicted octanol–water partition coefficient (Wildman–Crippen LogP) is 1.70. The molecule has 0 aliphatic carbocycles. The summed E-state index contributed by atoms with van der Waals surface area (Å²) in [6.45, 7) is 11.5. The molecule has 0 aliphatic heterocycles. The van der Waals surface area contributed by atoms with Crippen molar-refractivity contribution in [1.82, 2.24) is 0 Å². The molecule has 0 unspecified atom stereocenters. The molecule has 12 heavy (non-hydrogen) atoms. The maximum atomic E-state index is 7.75. The van der Waals surface area contributed by atoms with Crippen LogP contribution < -0.4 is 0 Å². The maximum Gasteiger partial charge on any atom is 0 e. The largest absolute Gasteiger partial charge is 0.545 e. The van der Waals surface area contributed by atoms with Crippen molar-refractivity contribution in [2.75, 3.05) is 0 Å². The summed E-state index contributed by atoms with van der Waals surface area (Å²) in [5, 5.41) is 0. The van der Waals surface area contributed by atoms with Crippen LogP contribution in [0.3, 0.4) is 0 Å². The molecule has 0 aromatic heterocycles. The van der Waals surface area contributed by atoms with Gasteiger partial charge in [-0.15, -0.1) is 0 Å². The normalized spacial score (nSPS) is 4.50. The number of rotatable bonds is 0. The number of hydrogen-bond donors (Lipinski definition) is 0. The van der Waals surface area contributed by atoms with Crippen LogP contribution in [-0.4, -0.2) is 13.6 Å². The Morgan fingerprint density at radius 2 is 1.25 bits per heavy atom. The molecule has 1 rings (SSSR count). The minimum atomic E-state index is 0. The first-order chi connectivity index (χ1) is 5.50. The van der Waals surface area contributed by atoms with Crippen LogP contribution in [-0.2, 0) is 30.7 Å². The fraction of sp³-hybridized carbons (Fsp3) is 0.111. The van der Waals surface area contributed by atoms with Crippen LogP contribution >= 0.6 is 0 Å². The van der Waals surface area contributed by atoms with E-state index in [9.17, 15) is 0 Å². The third kappa shape index (κ3) is 34.3. The topological polar surface area (TPSA) is 34.1 Å². The van der Waals surface area contributed by atoms with Crippen LogP contribution in [0, 0.1) is 6.92 Å². The summed E-state index contributed by atoms with van der Waals surface area (Å²) >= 11 is 0. The van der Waals surface area contributed by atoms with Crippen molar-refractivity contribution in [3.8, 4) is 0 Å². The fourth-order valence-electron chi connectivity index (χ4n) is 0.321. The Morgan fingerprint density at radius 3 is 1.33 bits per heavy atom. The summed E-state index contributed by atoms with van der Waals surface area (Å²) < 4.78 is 0. The van der Waals surface area contributed by atoms with E-state index in [1.165, 1.54) is 0 Å². The molecular formula is C9H12O2W-4. The van der Waals surface area contributed by atoms with Crippen LogP contribution in [0.15, 0.2) is 30.3 Å². The van der Waals surface area contributed by atoms with E-state index in [-0.39, 0.29) is 21.1 Å². The molecule has 0 heterocycles. The van der Waals surface area contributed by atoms with Gasteiger partial charge in [0.05, 0.1) is 0 Å². The molecule has 1 aromatic carbocycles. The SMILES string of the molecule is [CH-]=O.[CH-]=O.[CH2-]C.[W].c1cc[cH-]c1. The van der Waals surface area contributed by atoms with Crippen LogP contribution in [0.5, 0.6) is 0 Å². The summed E-state index contributed by atoms with van der Waals surface area (Å²) in [6, 6.07) is 10.0. The van der Waals surface area contributed by atoms with Gasteiger partial charge in [0.15, 0.2) is 0 Å².